The van der Waals surface area contributed by atoms with E-state index >= 15 is 0 Å². The molecule has 0 aromatic heterocycles. The molecule has 0 unspecified atom stereocenters. The molecule has 1 aromatic carbocycles. The topological polar surface area (TPSA) is 95.7 Å². The molecule has 0 saturated heterocycles. The summed E-state index contributed by atoms with van der Waals surface area (Å²) >= 11 is 0. The van der Waals surface area contributed by atoms with E-state index in [4.69, 9.17) is 9.05 Å². The molecular formula is C18H26NO6P. The van der Waals surface area contributed by atoms with E-state index in [0.717, 1.165) is 12.8 Å². The van der Waals surface area contributed by atoms with Crippen LogP contribution in [0.2, 0.25) is 0 Å². The van der Waals surface area contributed by atoms with Crippen LogP contribution in [0, 0.1) is 10.1 Å². The lowest BCUT2D eigenvalue weighted by Gasteiger charge is -2.20. The van der Waals surface area contributed by atoms with Crippen LogP contribution in [0.15, 0.2) is 29.6 Å². The van der Waals surface area contributed by atoms with Gasteiger partial charge < -0.3 is 9.05 Å². The van der Waals surface area contributed by atoms with Crippen molar-refractivity contribution in [3.63, 3.8) is 0 Å². The minimum Gasteiger partial charge on any atom is -0.305 e. The first-order valence-electron chi connectivity index (χ1n) is 8.70. The Morgan fingerprint density at radius 2 is 1.77 bits per heavy atom. The van der Waals surface area contributed by atoms with Gasteiger partial charge in [0.25, 0.3) is 5.69 Å². The molecule has 0 atom stereocenters. The summed E-state index contributed by atoms with van der Waals surface area (Å²) < 4.78 is 24.3. The van der Waals surface area contributed by atoms with E-state index in [2.05, 4.69) is 0 Å². The number of unbranched alkanes of at least 4 members (excludes halogenated alkanes) is 2. The molecule has 0 fully saturated rings. The normalized spacial score (nSPS) is 12.2. The van der Waals surface area contributed by atoms with Crippen LogP contribution in [0.4, 0.5) is 5.69 Å². The van der Waals surface area contributed by atoms with Gasteiger partial charge in [-0.3, -0.25) is 19.5 Å². The Labute approximate surface area is 154 Å². The highest BCUT2D eigenvalue weighted by Gasteiger charge is 2.33. The third-order valence-electron chi connectivity index (χ3n) is 3.56. The number of Topliss-reactive ketones (excluding diaryl/α,β-unsaturated/α-hetero) is 1. The molecule has 0 aliphatic rings. The molecular weight excluding hydrogens is 357 g/mol. The second-order valence-electron chi connectivity index (χ2n) is 5.81. The highest BCUT2D eigenvalue weighted by molar-refractivity contribution is 7.60. The van der Waals surface area contributed by atoms with E-state index in [1.807, 2.05) is 13.8 Å². The van der Waals surface area contributed by atoms with E-state index in [-0.39, 0.29) is 24.2 Å². The minimum atomic E-state index is -3.81. The molecule has 0 heterocycles. The van der Waals surface area contributed by atoms with Gasteiger partial charge in [-0.1, -0.05) is 38.8 Å². The number of ketones is 1. The molecule has 1 rings (SSSR count). The summed E-state index contributed by atoms with van der Waals surface area (Å²) in [5.74, 6) is -0.451. The highest BCUT2D eigenvalue weighted by atomic mass is 31.2. The number of carbonyl (C=O) groups excluding carboxylic acids is 1. The van der Waals surface area contributed by atoms with Crippen LogP contribution in [-0.2, 0) is 18.4 Å². The number of nitro benzene ring substituents is 1. The fourth-order valence-electron chi connectivity index (χ4n) is 2.09. The molecule has 0 aliphatic carbocycles. The summed E-state index contributed by atoms with van der Waals surface area (Å²) in [6.45, 7) is 5.63. The van der Waals surface area contributed by atoms with E-state index in [1.54, 1.807) is 6.07 Å². The smallest absolute Gasteiger partial charge is 0.305 e. The molecule has 144 valence electrons. The summed E-state index contributed by atoms with van der Waals surface area (Å²) in [4.78, 5) is 22.5. The Morgan fingerprint density at radius 3 is 2.23 bits per heavy atom. The Balaban J connectivity index is 3.25. The number of allylic oxidation sites excluding steroid dienone is 1. The molecule has 7 nitrogen and oxygen atoms in total. The fraction of sp³-hybridized carbons (Fsp3) is 0.500. The van der Waals surface area contributed by atoms with Crippen molar-refractivity contribution < 1.29 is 23.3 Å². The SMILES string of the molecule is CCCCOP(=O)(OCCCC)/C(=C/c1cccc([N+](=O)[O-])c1)C(C)=O. The lowest BCUT2D eigenvalue weighted by atomic mass is 10.2. The third-order valence-corrected chi connectivity index (χ3v) is 5.64. The Bertz CT molecular complexity index is 687. The quantitative estimate of drug-likeness (QED) is 0.159. The van der Waals surface area contributed by atoms with Gasteiger partial charge in [0.15, 0.2) is 5.78 Å². The van der Waals surface area contributed by atoms with Gasteiger partial charge in [0.05, 0.1) is 18.1 Å². The van der Waals surface area contributed by atoms with Crippen molar-refractivity contribution in [2.45, 2.75) is 46.5 Å². The van der Waals surface area contributed by atoms with E-state index in [9.17, 15) is 19.5 Å². The van der Waals surface area contributed by atoms with E-state index in [0.29, 0.717) is 18.4 Å². The second-order valence-corrected chi connectivity index (χ2v) is 7.80. The van der Waals surface area contributed by atoms with Crippen LogP contribution in [-0.4, -0.2) is 23.9 Å². The highest BCUT2D eigenvalue weighted by Crippen LogP contribution is 2.57. The van der Waals surface area contributed by atoms with Gasteiger partial charge >= 0.3 is 7.60 Å². The monoisotopic (exact) mass is 383 g/mol. The standard InChI is InChI=1S/C18H26NO6P/c1-4-6-11-24-26(23,25-12-7-5-2)18(15(3)20)14-16-9-8-10-17(13-16)19(21)22/h8-10,13-14H,4-7,11-12H2,1-3H3/b18-14+. The lowest BCUT2D eigenvalue weighted by Crippen LogP contribution is -2.07. The molecule has 0 amide bonds. The molecule has 0 N–H and O–H groups in total. The molecule has 0 spiro atoms. The molecule has 0 radical (unpaired) electrons. The number of nitrogens with zero attached hydrogens (tertiary/aromatic N) is 1. The predicted molar refractivity (Wildman–Crippen MR) is 101 cm³/mol. The average Bonchev–Trinajstić information content (AvgIpc) is 2.60. The molecule has 0 aliphatic heterocycles. The van der Waals surface area contributed by atoms with Crippen molar-refractivity contribution >= 4 is 25.1 Å². The van der Waals surface area contributed by atoms with Crippen LogP contribution in [0.1, 0.15) is 52.0 Å². The third kappa shape index (κ3) is 6.83. The number of rotatable bonds is 12. The van der Waals surface area contributed by atoms with Crippen LogP contribution in [0.5, 0.6) is 0 Å². The molecule has 0 bridgehead atoms. The maximum Gasteiger partial charge on any atom is 0.364 e. The lowest BCUT2D eigenvalue weighted by molar-refractivity contribution is -0.384. The first-order chi connectivity index (χ1) is 12.3. The van der Waals surface area contributed by atoms with Crippen LogP contribution < -0.4 is 0 Å². The minimum absolute atomic E-state index is 0.0924. The van der Waals surface area contributed by atoms with Crippen molar-refractivity contribution in [3.05, 3.63) is 45.3 Å². The maximum atomic E-state index is 13.3. The summed E-state index contributed by atoms with van der Waals surface area (Å²) in [7, 11) is -3.81. The van der Waals surface area contributed by atoms with Crippen molar-refractivity contribution in [1.82, 2.24) is 0 Å². The molecule has 8 heteroatoms. The van der Waals surface area contributed by atoms with Crippen molar-refractivity contribution in [3.8, 4) is 0 Å². The van der Waals surface area contributed by atoms with Gasteiger partial charge in [0.1, 0.15) is 5.31 Å². The van der Waals surface area contributed by atoms with Crippen LogP contribution in [0.25, 0.3) is 6.08 Å². The number of non-ortho nitro benzene ring substituents is 1. The van der Waals surface area contributed by atoms with Gasteiger partial charge in [0.2, 0.25) is 0 Å². The predicted octanol–water partition coefficient (Wildman–Crippen LogP) is 5.35. The first-order valence-corrected chi connectivity index (χ1v) is 10.2. The first kappa shape index (κ1) is 22.2. The molecule has 0 saturated carbocycles. The number of hydrogen-bond donors (Lipinski definition) is 0. The van der Waals surface area contributed by atoms with Crippen LogP contribution in [0.3, 0.4) is 0 Å². The Morgan fingerprint density at radius 1 is 1.19 bits per heavy atom. The van der Waals surface area contributed by atoms with Crippen molar-refractivity contribution in [1.29, 1.82) is 0 Å². The summed E-state index contributed by atoms with van der Waals surface area (Å²) in [6.07, 6.45) is 4.41. The zero-order chi connectivity index (χ0) is 19.6. The van der Waals surface area contributed by atoms with Gasteiger partial charge in [-0.2, -0.15) is 0 Å². The van der Waals surface area contributed by atoms with Gasteiger partial charge in [-0.05, 0) is 31.4 Å². The van der Waals surface area contributed by atoms with Crippen molar-refractivity contribution in [2.75, 3.05) is 13.2 Å². The fourth-order valence-corrected chi connectivity index (χ4v) is 3.88. The summed E-state index contributed by atoms with van der Waals surface area (Å²) in [5.41, 5.74) is 0.276. The van der Waals surface area contributed by atoms with E-state index in [1.165, 1.54) is 31.2 Å². The van der Waals surface area contributed by atoms with Crippen molar-refractivity contribution in [2.24, 2.45) is 0 Å². The second kappa shape index (κ2) is 11.0. The number of hydrogen-bond acceptors (Lipinski definition) is 6. The summed E-state index contributed by atoms with van der Waals surface area (Å²) in [5, 5.41) is 10.8. The molecule has 1 aromatic rings. The zero-order valence-corrected chi connectivity index (χ0v) is 16.4. The average molecular weight is 383 g/mol. The molecule has 26 heavy (non-hydrogen) atoms. The zero-order valence-electron chi connectivity index (χ0n) is 15.5. The Hall–Kier alpha value is -1.82. The van der Waals surface area contributed by atoms with Crippen LogP contribution >= 0.6 is 7.60 Å². The largest absolute Gasteiger partial charge is 0.364 e. The van der Waals surface area contributed by atoms with E-state index < -0.39 is 18.3 Å². The Kier molecular flexibility index (Phi) is 9.41. The van der Waals surface area contributed by atoms with Gasteiger partial charge in [0, 0.05) is 12.1 Å². The number of benzene rings is 1. The van der Waals surface area contributed by atoms with Gasteiger partial charge in [-0.15, -0.1) is 0 Å². The summed E-state index contributed by atoms with van der Waals surface area (Å²) in [6, 6.07) is 5.76. The maximum absolute atomic E-state index is 13.3. The van der Waals surface area contributed by atoms with Gasteiger partial charge in [-0.25, -0.2) is 0 Å². The number of nitro groups is 1. The number of carbonyl (C=O) groups is 1.